The van der Waals surface area contributed by atoms with Crippen molar-refractivity contribution < 1.29 is 24.2 Å². The number of carbonyl (C=O) groups is 2. The Labute approximate surface area is 232 Å². The molecule has 3 aromatic carbocycles. The lowest BCUT2D eigenvalue weighted by Crippen LogP contribution is -2.31. The minimum atomic E-state index is -0.715. The third kappa shape index (κ3) is 5.48. The molecule has 0 saturated carbocycles. The Kier molecular flexibility index (Phi) is 7.97. The second kappa shape index (κ2) is 11.0. The Balaban J connectivity index is 1.76. The van der Waals surface area contributed by atoms with Crippen LogP contribution >= 0.6 is 15.9 Å². The van der Waals surface area contributed by atoms with Crippen LogP contribution in [0, 0.1) is 0 Å². The highest BCUT2D eigenvalue weighted by Crippen LogP contribution is 2.40. The zero-order chi connectivity index (χ0) is 27.6. The molecule has 1 aliphatic rings. The van der Waals surface area contributed by atoms with Crippen molar-refractivity contribution in [2.75, 3.05) is 20.8 Å². The molecule has 0 bridgehead atoms. The molecule has 0 radical (unpaired) electrons. The zero-order valence-corrected chi connectivity index (χ0v) is 23.8. The Morgan fingerprint density at radius 3 is 2.13 bits per heavy atom. The van der Waals surface area contributed by atoms with E-state index in [1.807, 2.05) is 42.5 Å². The number of aliphatic hydroxyl groups excluding tert-OH is 1. The first-order valence-corrected chi connectivity index (χ1v) is 13.2. The summed E-state index contributed by atoms with van der Waals surface area (Å²) in [6.45, 7) is 6.67. The molecule has 1 amide bonds. The van der Waals surface area contributed by atoms with Crippen molar-refractivity contribution in [3.8, 4) is 11.5 Å². The number of amides is 1. The highest BCUT2D eigenvalue weighted by molar-refractivity contribution is 9.10. The quantitative estimate of drug-likeness (QED) is 0.199. The number of hydrogen-bond donors (Lipinski definition) is 1. The lowest BCUT2D eigenvalue weighted by atomic mass is 9.85. The van der Waals surface area contributed by atoms with E-state index in [2.05, 4.69) is 36.7 Å². The number of hydrogen-bond acceptors (Lipinski definition) is 5. The molecule has 1 heterocycles. The van der Waals surface area contributed by atoms with Gasteiger partial charge in [-0.15, -0.1) is 0 Å². The van der Waals surface area contributed by atoms with Crippen LogP contribution in [0.5, 0.6) is 11.5 Å². The molecule has 0 aliphatic carbocycles. The van der Waals surface area contributed by atoms with E-state index in [9.17, 15) is 14.7 Å². The molecular weight excluding hydrogens is 546 g/mol. The molecule has 38 heavy (non-hydrogen) atoms. The normalized spacial score (nSPS) is 17.1. The fourth-order valence-electron chi connectivity index (χ4n) is 4.67. The molecule has 0 unspecified atom stereocenters. The van der Waals surface area contributed by atoms with E-state index in [1.165, 1.54) is 0 Å². The van der Waals surface area contributed by atoms with Gasteiger partial charge in [-0.2, -0.15) is 0 Å². The van der Waals surface area contributed by atoms with Crippen LogP contribution in [0.1, 0.15) is 49.1 Å². The van der Waals surface area contributed by atoms with E-state index in [0.717, 1.165) is 21.2 Å². The van der Waals surface area contributed by atoms with Gasteiger partial charge >= 0.3 is 0 Å². The molecule has 1 atom stereocenters. The van der Waals surface area contributed by atoms with Crippen molar-refractivity contribution in [1.29, 1.82) is 0 Å². The zero-order valence-electron chi connectivity index (χ0n) is 22.2. The summed E-state index contributed by atoms with van der Waals surface area (Å²) < 4.78 is 11.6. The number of aliphatic hydroxyl groups is 1. The predicted molar refractivity (Wildman–Crippen MR) is 152 cm³/mol. The molecular formula is C31H32BrNO5. The summed E-state index contributed by atoms with van der Waals surface area (Å²) in [5.74, 6) is -0.298. The topological polar surface area (TPSA) is 76.1 Å². The van der Waals surface area contributed by atoms with Crippen LogP contribution in [-0.2, 0) is 21.4 Å². The van der Waals surface area contributed by atoms with Gasteiger partial charge in [0, 0.05) is 16.6 Å². The number of halogens is 1. The standard InChI is InChI=1S/C31H32BrNO5/c1-31(2,3)22-11-7-20(8-12-22)27-26(28(34)21-9-13-23(32)14-10-21)29(35)30(36)33(27)17-16-19-6-15-24(37-4)25(18-19)38-5/h6-15,18,27,34H,16-17H2,1-5H3/t27-/m0/s1. The lowest BCUT2D eigenvalue weighted by Gasteiger charge is -2.26. The average Bonchev–Trinajstić information content (AvgIpc) is 3.16. The van der Waals surface area contributed by atoms with Crippen LogP contribution in [0.4, 0.5) is 0 Å². The maximum absolute atomic E-state index is 13.3. The van der Waals surface area contributed by atoms with E-state index < -0.39 is 17.7 Å². The van der Waals surface area contributed by atoms with E-state index in [0.29, 0.717) is 23.5 Å². The highest BCUT2D eigenvalue weighted by atomic mass is 79.9. The molecule has 6 nitrogen and oxygen atoms in total. The Bertz CT molecular complexity index is 1370. The van der Waals surface area contributed by atoms with Gasteiger partial charge < -0.3 is 19.5 Å². The number of nitrogens with zero attached hydrogens (tertiary/aromatic N) is 1. The van der Waals surface area contributed by atoms with Crippen LogP contribution in [-0.4, -0.2) is 42.5 Å². The summed E-state index contributed by atoms with van der Waals surface area (Å²) in [6.07, 6.45) is 0.488. The monoisotopic (exact) mass is 577 g/mol. The van der Waals surface area contributed by atoms with Gasteiger partial charge in [-0.05, 0) is 52.8 Å². The Hall–Kier alpha value is -3.58. The molecule has 0 aromatic heterocycles. The van der Waals surface area contributed by atoms with Crippen LogP contribution in [0.25, 0.3) is 5.76 Å². The summed E-state index contributed by atoms with van der Waals surface area (Å²) in [5, 5.41) is 11.3. The minimum absolute atomic E-state index is 0.0504. The van der Waals surface area contributed by atoms with Gasteiger partial charge in [0.2, 0.25) is 0 Å². The largest absolute Gasteiger partial charge is 0.507 e. The predicted octanol–water partition coefficient (Wildman–Crippen LogP) is 6.43. The number of benzene rings is 3. The van der Waals surface area contributed by atoms with Crippen molar-refractivity contribution in [1.82, 2.24) is 4.90 Å². The number of carbonyl (C=O) groups excluding carboxylic acids is 2. The van der Waals surface area contributed by atoms with Crippen LogP contribution in [0.2, 0.25) is 0 Å². The molecule has 0 spiro atoms. The fourth-order valence-corrected chi connectivity index (χ4v) is 4.94. The molecule has 198 valence electrons. The van der Waals surface area contributed by atoms with Crippen molar-refractivity contribution in [2.24, 2.45) is 0 Å². The SMILES string of the molecule is COc1ccc(CCN2C(=O)C(=O)C(=C(O)c3ccc(Br)cc3)[C@@H]2c2ccc(C(C)(C)C)cc2)cc1OC. The molecule has 1 saturated heterocycles. The van der Waals surface area contributed by atoms with E-state index in [-0.39, 0.29) is 23.3 Å². The van der Waals surface area contributed by atoms with Gasteiger partial charge in [0.15, 0.2) is 11.5 Å². The van der Waals surface area contributed by atoms with Crippen molar-refractivity contribution in [3.63, 3.8) is 0 Å². The van der Waals surface area contributed by atoms with Gasteiger partial charge in [-0.3, -0.25) is 9.59 Å². The number of rotatable bonds is 7. The number of ether oxygens (including phenoxy) is 2. The Morgan fingerprint density at radius 2 is 1.55 bits per heavy atom. The van der Waals surface area contributed by atoms with Gasteiger partial charge in [-0.25, -0.2) is 0 Å². The summed E-state index contributed by atoms with van der Waals surface area (Å²) in [4.78, 5) is 28.2. The van der Waals surface area contributed by atoms with E-state index in [4.69, 9.17) is 9.47 Å². The maximum Gasteiger partial charge on any atom is 0.295 e. The van der Waals surface area contributed by atoms with E-state index in [1.54, 1.807) is 43.4 Å². The third-order valence-corrected chi connectivity index (χ3v) is 7.37. The van der Waals surface area contributed by atoms with Crippen molar-refractivity contribution >= 4 is 33.4 Å². The fraction of sp³-hybridized carbons (Fsp3) is 0.290. The summed E-state index contributed by atoms with van der Waals surface area (Å²) in [6, 6.07) is 19.8. The molecule has 7 heteroatoms. The average molecular weight is 579 g/mol. The van der Waals surface area contributed by atoms with Gasteiger partial charge in [0.05, 0.1) is 25.8 Å². The van der Waals surface area contributed by atoms with E-state index >= 15 is 0 Å². The van der Waals surface area contributed by atoms with Crippen LogP contribution < -0.4 is 9.47 Å². The minimum Gasteiger partial charge on any atom is -0.507 e. The summed E-state index contributed by atoms with van der Waals surface area (Å²) in [7, 11) is 3.15. The summed E-state index contributed by atoms with van der Waals surface area (Å²) >= 11 is 3.40. The second-order valence-corrected chi connectivity index (χ2v) is 11.2. The first kappa shape index (κ1) is 27.5. The Morgan fingerprint density at radius 1 is 0.921 bits per heavy atom. The molecule has 1 N–H and O–H groups in total. The number of likely N-dealkylation sites (tertiary alicyclic amines) is 1. The first-order chi connectivity index (χ1) is 18.0. The lowest BCUT2D eigenvalue weighted by molar-refractivity contribution is -0.139. The van der Waals surface area contributed by atoms with Crippen LogP contribution in [0.15, 0.2) is 76.8 Å². The highest BCUT2D eigenvalue weighted by Gasteiger charge is 2.45. The van der Waals surface area contributed by atoms with Crippen molar-refractivity contribution in [2.45, 2.75) is 38.6 Å². The molecule has 1 aliphatic heterocycles. The van der Waals surface area contributed by atoms with Crippen molar-refractivity contribution in [3.05, 3.63) is 99.0 Å². The third-order valence-electron chi connectivity index (χ3n) is 6.84. The molecule has 4 rings (SSSR count). The molecule has 1 fully saturated rings. The number of methoxy groups -OCH3 is 2. The maximum atomic E-state index is 13.3. The van der Waals surface area contributed by atoms with Gasteiger partial charge in [0.25, 0.3) is 11.7 Å². The smallest absolute Gasteiger partial charge is 0.295 e. The number of Topliss-reactive ketones (excluding diaryl/α,β-unsaturated/α-hetero) is 1. The first-order valence-electron chi connectivity index (χ1n) is 12.4. The van der Waals surface area contributed by atoms with Gasteiger partial charge in [-0.1, -0.05) is 79.2 Å². The number of ketones is 1. The second-order valence-electron chi connectivity index (χ2n) is 10.3. The molecule has 3 aromatic rings. The van der Waals surface area contributed by atoms with Crippen LogP contribution in [0.3, 0.4) is 0 Å². The van der Waals surface area contributed by atoms with Gasteiger partial charge in [0.1, 0.15) is 5.76 Å². The summed E-state index contributed by atoms with van der Waals surface area (Å²) in [5.41, 5.74) is 3.35.